The maximum Gasteiger partial charge on any atom is 0.247 e. The van der Waals surface area contributed by atoms with Crippen molar-refractivity contribution in [1.82, 2.24) is 0 Å². The fraction of sp³-hybridized carbons (Fsp3) is 0.439. The van der Waals surface area contributed by atoms with Gasteiger partial charge in [-0.1, -0.05) is 191 Å². The van der Waals surface area contributed by atoms with Crippen LogP contribution < -0.4 is 15.8 Å². The van der Waals surface area contributed by atoms with E-state index in [1.165, 1.54) is 104 Å². The fourth-order valence-corrected chi connectivity index (χ4v) is 12.0. The Kier molecular flexibility index (Phi) is 9.08. The topological polar surface area (TPSA) is 3.24 Å². The third-order valence-electron chi connectivity index (χ3n) is 15.7. The molecule has 304 valence electrons. The van der Waals surface area contributed by atoms with E-state index in [0.29, 0.717) is 0 Å². The molecule has 2 heterocycles. The van der Waals surface area contributed by atoms with Crippen LogP contribution in [0.5, 0.6) is 0 Å². The number of anilines is 2. The van der Waals surface area contributed by atoms with Gasteiger partial charge in [-0.05, 0) is 129 Å². The van der Waals surface area contributed by atoms with Crippen molar-refractivity contribution in [3.63, 3.8) is 0 Å². The number of nitrogens with zero attached hydrogens (tertiary/aromatic N) is 1. The zero-order valence-corrected chi connectivity index (χ0v) is 38.8. The number of aryl methyl sites for hydroxylation is 2. The first-order valence-electron chi connectivity index (χ1n) is 22.8. The summed E-state index contributed by atoms with van der Waals surface area (Å²) in [7, 11) is 0. The average Bonchev–Trinajstić information content (AvgIpc) is 3.64. The summed E-state index contributed by atoms with van der Waals surface area (Å²) in [6, 6.07) is 36.5. The van der Waals surface area contributed by atoms with Crippen molar-refractivity contribution in [2.24, 2.45) is 0 Å². The molecule has 0 spiro atoms. The third kappa shape index (κ3) is 6.08. The van der Waals surface area contributed by atoms with Gasteiger partial charge in [-0.2, -0.15) is 0 Å². The van der Waals surface area contributed by atoms with Crippen molar-refractivity contribution in [1.29, 1.82) is 0 Å². The molecule has 5 aromatic carbocycles. The molecule has 1 nitrogen and oxygen atoms in total. The molecule has 1 fully saturated rings. The number of fused-ring (bicyclic) bond motifs is 6. The van der Waals surface area contributed by atoms with Crippen LogP contribution in [0.2, 0.25) is 0 Å². The molecule has 9 rings (SSSR count). The molecule has 3 unspecified atom stereocenters. The zero-order valence-electron chi connectivity index (χ0n) is 38.8. The predicted molar refractivity (Wildman–Crippen MR) is 257 cm³/mol. The summed E-state index contributed by atoms with van der Waals surface area (Å²) >= 11 is 0. The summed E-state index contributed by atoms with van der Waals surface area (Å²) in [5.41, 5.74) is 25.1. The van der Waals surface area contributed by atoms with Gasteiger partial charge in [0.05, 0.1) is 5.54 Å². The Morgan fingerprint density at radius 1 is 0.661 bits per heavy atom. The second-order valence-electron chi connectivity index (χ2n) is 22.7. The number of hydrogen-bond acceptors (Lipinski definition) is 1. The molecule has 3 atom stereocenters. The van der Waals surface area contributed by atoms with Crippen molar-refractivity contribution in [2.45, 2.75) is 162 Å². The molecule has 0 N–H and O–H groups in total. The molecule has 0 aromatic heterocycles. The number of hydrogen-bond donors (Lipinski definition) is 0. The maximum atomic E-state index is 2.90. The molecule has 0 amide bonds. The second kappa shape index (κ2) is 13.4. The lowest BCUT2D eigenvalue weighted by atomic mass is 9.32. The number of rotatable bonds is 4. The number of allylic oxidation sites excluding steroid dienone is 1. The van der Waals surface area contributed by atoms with Gasteiger partial charge < -0.3 is 4.90 Å². The molecule has 0 bridgehead atoms. The van der Waals surface area contributed by atoms with Crippen molar-refractivity contribution in [2.75, 3.05) is 4.90 Å². The van der Waals surface area contributed by atoms with Gasteiger partial charge in [0, 0.05) is 22.7 Å². The van der Waals surface area contributed by atoms with Crippen LogP contribution in [0.25, 0.3) is 16.6 Å². The molecule has 5 aromatic rings. The van der Waals surface area contributed by atoms with Crippen LogP contribution in [0.4, 0.5) is 11.4 Å². The summed E-state index contributed by atoms with van der Waals surface area (Å²) < 4.78 is 0. The summed E-state index contributed by atoms with van der Waals surface area (Å²) in [5.74, 6) is 0.211. The Morgan fingerprint density at radius 2 is 1.29 bits per heavy atom. The normalized spacial score (nSPS) is 21.7. The summed E-state index contributed by atoms with van der Waals surface area (Å²) in [4.78, 5) is 2.90. The highest BCUT2D eigenvalue weighted by atomic mass is 15.3. The summed E-state index contributed by atoms with van der Waals surface area (Å²) in [5, 5.41) is 0. The van der Waals surface area contributed by atoms with Gasteiger partial charge >= 0.3 is 0 Å². The van der Waals surface area contributed by atoms with Gasteiger partial charge in [0.1, 0.15) is 0 Å². The highest BCUT2D eigenvalue weighted by Gasteiger charge is 2.61. The van der Waals surface area contributed by atoms with Crippen LogP contribution in [0.15, 0.2) is 96.6 Å². The van der Waals surface area contributed by atoms with Crippen molar-refractivity contribution in [3.05, 3.63) is 147 Å². The van der Waals surface area contributed by atoms with E-state index in [0.717, 1.165) is 6.42 Å². The smallest absolute Gasteiger partial charge is 0.247 e. The lowest BCUT2D eigenvalue weighted by Gasteiger charge is -2.52. The fourth-order valence-electron chi connectivity index (χ4n) is 12.0. The molecule has 2 heteroatoms. The minimum absolute atomic E-state index is 0.00959. The summed E-state index contributed by atoms with van der Waals surface area (Å²) in [6.07, 6.45) is 6.01. The molecule has 1 saturated carbocycles. The molecule has 59 heavy (non-hydrogen) atoms. The lowest BCUT2D eigenvalue weighted by Crippen LogP contribution is -2.60. The molecular formula is C57H68BN. The Bertz CT molecular complexity index is 2550. The zero-order chi connectivity index (χ0) is 42.2. The average molecular weight is 778 g/mol. The highest BCUT2D eigenvalue weighted by Crippen LogP contribution is 2.62. The molecule has 2 aliphatic heterocycles. The van der Waals surface area contributed by atoms with Gasteiger partial charge in [0.2, 0.25) is 6.71 Å². The van der Waals surface area contributed by atoms with Crippen molar-refractivity contribution < 1.29 is 0 Å². The van der Waals surface area contributed by atoms with Crippen molar-refractivity contribution >= 4 is 34.5 Å². The van der Waals surface area contributed by atoms with E-state index in [2.05, 4.69) is 193 Å². The van der Waals surface area contributed by atoms with Gasteiger partial charge in [-0.3, -0.25) is 0 Å². The molecule has 0 saturated heterocycles. The van der Waals surface area contributed by atoms with E-state index >= 15 is 0 Å². The molecule has 2 aliphatic carbocycles. The van der Waals surface area contributed by atoms with E-state index < -0.39 is 0 Å². The monoisotopic (exact) mass is 778 g/mol. The maximum absolute atomic E-state index is 2.90. The Morgan fingerprint density at radius 3 is 1.95 bits per heavy atom. The molecule has 0 radical (unpaired) electrons. The van der Waals surface area contributed by atoms with E-state index in [4.69, 9.17) is 0 Å². The Labute approximate surface area is 357 Å². The van der Waals surface area contributed by atoms with Crippen LogP contribution >= 0.6 is 0 Å². The molecule has 4 aliphatic rings. The van der Waals surface area contributed by atoms with Crippen LogP contribution in [-0.4, -0.2) is 12.3 Å². The quantitative estimate of drug-likeness (QED) is 0.164. The largest absolute Gasteiger partial charge is 0.335 e. The Hall–Kier alpha value is -4.30. The number of benzene rings is 5. The highest BCUT2D eigenvalue weighted by molar-refractivity contribution is 7.02. The standard InChI is InChI=1S/C57H68BN/c1-35-28-36(2)50-49(29-35)59-52-47(56(13)26-18-19-27-57(56,59)14)33-42(55(10,11)12)34-48(52)58(50)51-44(30-39-22-23-40(32-46(39)51)53(4,5)6)37(3)43-25-24-41(54(7,8)9)31-45(43)38-20-16-15-17-21-38/h15-17,20-25,28-29,31-34,37H,18-19,26-27,30H2,1-14H3. The van der Waals surface area contributed by atoms with Crippen LogP contribution in [-0.2, 0) is 28.1 Å². The first kappa shape index (κ1) is 40.1. The first-order chi connectivity index (χ1) is 27.6. The van der Waals surface area contributed by atoms with Gasteiger partial charge in [0.15, 0.2) is 0 Å². The van der Waals surface area contributed by atoms with Crippen LogP contribution in [0.3, 0.4) is 0 Å². The van der Waals surface area contributed by atoms with Gasteiger partial charge in [-0.15, -0.1) is 0 Å². The van der Waals surface area contributed by atoms with E-state index in [1.807, 2.05) is 0 Å². The van der Waals surface area contributed by atoms with Crippen molar-refractivity contribution in [3.8, 4) is 11.1 Å². The minimum Gasteiger partial charge on any atom is -0.335 e. The predicted octanol–water partition coefficient (Wildman–Crippen LogP) is 13.9. The van der Waals surface area contributed by atoms with Crippen LogP contribution in [0, 0.1) is 13.8 Å². The minimum atomic E-state index is 0.00959. The Balaban J connectivity index is 1.40. The SMILES string of the molecule is Cc1cc(C)c2c(c1)N1c3c(cc(C(C)(C)C)cc3C3(C)CCCCC13C)B2C1=C(C(C)c2ccc(C(C)(C)C)cc2-c2ccccc2)Cc2ccc(C(C)(C)C)cc21. The van der Waals surface area contributed by atoms with E-state index in [1.54, 1.807) is 16.6 Å². The lowest BCUT2D eigenvalue weighted by molar-refractivity contribution is 0.195. The second-order valence-corrected chi connectivity index (χ2v) is 22.7. The van der Waals surface area contributed by atoms with Gasteiger partial charge in [0.25, 0.3) is 0 Å². The third-order valence-corrected chi connectivity index (χ3v) is 15.7. The van der Waals surface area contributed by atoms with E-state index in [-0.39, 0.29) is 39.8 Å². The van der Waals surface area contributed by atoms with E-state index in [9.17, 15) is 0 Å². The first-order valence-corrected chi connectivity index (χ1v) is 22.8. The van der Waals surface area contributed by atoms with Gasteiger partial charge in [-0.25, -0.2) is 0 Å². The summed E-state index contributed by atoms with van der Waals surface area (Å²) in [6.45, 7) is 34.1. The van der Waals surface area contributed by atoms with Crippen LogP contribution in [0.1, 0.15) is 165 Å². The molecular weight excluding hydrogens is 709 g/mol.